The standard InChI is InChI=1S/C10H18O2S/c1-3-5-8-6-10(7-8,9(11)12)13-4-2/h8H,3-7H2,1-2H3,(H,11,12). The Bertz CT molecular complexity index is 185. The third-order valence-electron chi connectivity index (χ3n) is 2.74. The van der Waals surface area contributed by atoms with E-state index in [1.54, 1.807) is 11.8 Å². The molecule has 0 aromatic rings. The van der Waals surface area contributed by atoms with Crippen molar-refractivity contribution in [3.8, 4) is 0 Å². The lowest BCUT2D eigenvalue weighted by Gasteiger charge is -2.43. The minimum absolute atomic E-state index is 0.422. The second kappa shape index (κ2) is 4.36. The Balaban J connectivity index is 2.43. The van der Waals surface area contributed by atoms with E-state index < -0.39 is 10.7 Å². The normalized spacial score (nSPS) is 32.6. The van der Waals surface area contributed by atoms with Crippen LogP contribution in [0.1, 0.15) is 39.5 Å². The predicted octanol–water partition coefficient (Wildman–Crippen LogP) is 2.77. The molecule has 0 saturated heterocycles. The zero-order chi connectivity index (χ0) is 9.90. The van der Waals surface area contributed by atoms with Crippen LogP contribution in [0.5, 0.6) is 0 Å². The van der Waals surface area contributed by atoms with Crippen LogP contribution in [0.25, 0.3) is 0 Å². The zero-order valence-corrected chi connectivity index (χ0v) is 9.19. The predicted molar refractivity (Wildman–Crippen MR) is 56.1 cm³/mol. The quantitative estimate of drug-likeness (QED) is 0.745. The van der Waals surface area contributed by atoms with Crippen molar-refractivity contribution in [2.75, 3.05) is 5.75 Å². The van der Waals surface area contributed by atoms with Gasteiger partial charge in [-0.15, -0.1) is 11.8 Å². The van der Waals surface area contributed by atoms with E-state index in [1.165, 1.54) is 12.8 Å². The fraction of sp³-hybridized carbons (Fsp3) is 0.900. The first-order valence-corrected chi connectivity index (χ1v) is 6.00. The monoisotopic (exact) mass is 202 g/mol. The molecule has 3 heteroatoms. The molecule has 0 atom stereocenters. The Morgan fingerprint density at radius 3 is 2.54 bits per heavy atom. The molecule has 1 aliphatic carbocycles. The summed E-state index contributed by atoms with van der Waals surface area (Å²) in [6.07, 6.45) is 4.14. The van der Waals surface area contributed by atoms with Crippen LogP contribution in [0, 0.1) is 5.92 Å². The Hall–Kier alpha value is -0.180. The number of carbonyl (C=O) groups is 1. The molecular formula is C10H18O2S. The van der Waals surface area contributed by atoms with Crippen molar-refractivity contribution in [3.63, 3.8) is 0 Å². The fourth-order valence-electron chi connectivity index (χ4n) is 2.12. The molecule has 0 bridgehead atoms. The molecule has 0 radical (unpaired) electrons. The van der Waals surface area contributed by atoms with Crippen molar-refractivity contribution >= 4 is 17.7 Å². The minimum atomic E-state index is -0.605. The van der Waals surface area contributed by atoms with E-state index in [-0.39, 0.29) is 0 Å². The number of carboxylic acids is 1. The average Bonchev–Trinajstić information content (AvgIpc) is 2.00. The summed E-state index contributed by atoms with van der Waals surface area (Å²) >= 11 is 1.60. The first-order valence-electron chi connectivity index (χ1n) is 5.02. The molecule has 0 unspecified atom stereocenters. The lowest BCUT2D eigenvalue weighted by molar-refractivity contribution is -0.143. The molecule has 76 valence electrons. The van der Waals surface area contributed by atoms with Gasteiger partial charge in [0.05, 0.1) is 0 Å². The number of carboxylic acid groups (broad SMARTS) is 1. The van der Waals surface area contributed by atoms with Crippen LogP contribution in [-0.4, -0.2) is 21.6 Å². The molecule has 1 saturated carbocycles. The van der Waals surface area contributed by atoms with Crippen molar-refractivity contribution in [1.29, 1.82) is 0 Å². The zero-order valence-electron chi connectivity index (χ0n) is 8.38. The largest absolute Gasteiger partial charge is 0.480 e. The Morgan fingerprint density at radius 1 is 1.54 bits per heavy atom. The molecule has 0 heterocycles. The van der Waals surface area contributed by atoms with Gasteiger partial charge in [-0.2, -0.15) is 0 Å². The van der Waals surface area contributed by atoms with Crippen molar-refractivity contribution in [2.45, 2.75) is 44.3 Å². The van der Waals surface area contributed by atoms with Gasteiger partial charge in [0.2, 0.25) is 0 Å². The second-order valence-electron chi connectivity index (χ2n) is 3.80. The van der Waals surface area contributed by atoms with Crippen molar-refractivity contribution in [1.82, 2.24) is 0 Å². The summed E-state index contributed by atoms with van der Waals surface area (Å²) in [7, 11) is 0. The number of hydrogen-bond donors (Lipinski definition) is 1. The highest BCUT2D eigenvalue weighted by Crippen LogP contribution is 2.49. The topological polar surface area (TPSA) is 37.3 Å². The molecule has 1 rings (SSSR count). The van der Waals surface area contributed by atoms with Gasteiger partial charge in [0, 0.05) is 0 Å². The van der Waals surface area contributed by atoms with Crippen LogP contribution in [0.4, 0.5) is 0 Å². The third-order valence-corrected chi connectivity index (χ3v) is 4.09. The summed E-state index contributed by atoms with van der Waals surface area (Å²) in [5.74, 6) is 0.970. The molecule has 1 fully saturated rings. The van der Waals surface area contributed by atoms with Gasteiger partial charge in [-0.1, -0.05) is 26.7 Å². The molecule has 13 heavy (non-hydrogen) atoms. The van der Waals surface area contributed by atoms with Gasteiger partial charge < -0.3 is 5.11 Å². The average molecular weight is 202 g/mol. The second-order valence-corrected chi connectivity index (χ2v) is 5.44. The van der Waals surface area contributed by atoms with E-state index in [0.29, 0.717) is 5.92 Å². The summed E-state index contributed by atoms with van der Waals surface area (Å²) in [5.41, 5.74) is 0. The summed E-state index contributed by atoms with van der Waals surface area (Å²) in [6, 6.07) is 0. The summed E-state index contributed by atoms with van der Waals surface area (Å²) in [6.45, 7) is 4.19. The molecule has 0 aromatic heterocycles. The van der Waals surface area contributed by atoms with Gasteiger partial charge in [0.1, 0.15) is 4.75 Å². The van der Waals surface area contributed by atoms with Gasteiger partial charge in [-0.25, -0.2) is 0 Å². The van der Waals surface area contributed by atoms with Crippen molar-refractivity contribution in [2.24, 2.45) is 5.92 Å². The maximum absolute atomic E-state index is 11.0. The van der Waals surface area contributed by atoms with E-state index in [9.17, 15) is 4.79 Å². The van der Waals surface area contributed by atoms with Gasteiger partial charge in [-0.3, -0.25) is 4.79 Å². The number of aliphatic carboxylic acids is 1. The first kappa shape index (κ1) is 10.9. The van der Waals surface area contributed by atoms with Crippen molar-refractivity contribution in [3.05, 3.63) is 0 Å². The SMILES string of the molecule is CCCC1CC(SCC)(C(=O)O)C1. The van der Waals surface area contributed by atoms with Gasteiger partial charge in [0.25, 0.3) is 0 Å². The summed E-state index contributed by atoms with van der Waals surface area (Å²) < 4.78 is -0.422. The van der Waals surface area contributed by atoms with Crippen LogP contribution in [0.3, 0.4) is 0 Å². The Kier molecular flexibility index (Phi) is 3.65. The van der Waals surface area contributed by atoms with Crippen LogP contribution in [-0.2, 0) is 4.79 Å². The van der Waals surface area contributed by atoms with E-state index in [0.717, 1.165) is 18.6 Å². The lowest BCUT2D eigenvalue weighted by atomic mass is 9.72. The molecule has 2 nitrogen and oxygen atoms in total. The van der Waals surface area contributed by atoms with Gasteiger partial charge >= 0.3 is 5.97 Å². The third kappa shape index (κ3) is 2.19. The molecule has 0 aliphatic heterocycles. The fourth-order valence-corrected chi connectivity index (χ4v) is 3.50. The summed E-state index contributed by atoms with van der Waals surface area (Å²) in [4.78, 5) is 11.0. The molecular weight excluding hydrogens is 184 g/mol. The highest BCUT2D eigenvalue weighted by Gasteiger charge is 2.49. The maximum Gasteiger partial charge on any atom is 0.319 e. The van der Waals surface area contributed by atoms with Crippen molar-refractivity contribution < 1.29 is 9.90 Å². The lowest BCUT2D eigenvalue weighted by Crippen LogP contribution is -2.47. The van der Waals surface area contributed by atoms with Crippen LogP contribution in [0.15, 0.2) is 0 Å². The maximum atomic E-state index is 11.0. The number of thioether (sulfide) groups is 1. The number of hydrogen-bond acceptors (Lipinski definition) is 2. The highest BCUT2D eigenvalue weighted by molar-refractivity contribution is 8.01. The van der Waals surface area contributed by atoms with Gasteiger partial charge in [-0.05, 0) is 24.5 Å². The number of rotatable bonds is 5. The summed E-state index contributed by atoms with van der Waals surface area (Å²) in [5, 5.41) is 9.08. The smallest absolute Gasteiger partial charge is 0.319 e. The van der Waals surface area contributed by atoms with Crippen LogP contribution < -0.4 is 0 Å². The van der Waals surface area contributed by atoms with Gasteiger partial charge in [0.15, 0.2) is 0 Å². The Labute approximate surface area is 84.1 Å². The molecule has 1 aliphatic rings. The Morgan fingerprint density at radius 2 is 2.15 bits per heavy atom. The van der Waals surface area contributed by atoms with E-state index in [2.05, 4.69) is 6.92 Å². The molecule has 0 aromatic carbocycles. The molecule has 0 amide bonds. The minimum Gasteiger partial charge on any atom is -0.480 e. The molecule has 0 spiro atoms. The van der Waals surface area contributed by atoms with Crippen LogP contribution >= 0.6 is 11.8 Å². The van der Waals surface area contributed by atoms with Crippen LogP contribution in [0.2, 0.25) is 0 Å². The van der Waals surface area contributed by atoms with E-state index in [4.69, 9.17) is 5.11 Å². The molecule has 1 N–H and O–H groups in total. The van der Waals surface area contributed by atoms with E-state index in [1.807, 2.05) is 6.92 Å². The van der Waals surface area contributed by atoms with E-state index >= 15 is 0 Å². The highest BCUT2D eigenvalue weighted by atomic mass is 32.2. The first-order chi connectivity index (χ1) is 6.14.